The van der Waals surface area contributed by atoms with E-state index in [0.717, 1.165) is 19.6 Å². The van der Waals surface area contributed by atoms with Crippen LogP contribution in [0.5, 0.6) is 0 Å². The molecule has 1 rings (SSSR count). The molecule has 0 bridgehead atoms. The van der Waals surface area contributed by atoms with Crippen LogP contribution in [0.4, 0.5) is 0 Å². The molecule has 0 saturated carbocycles. The summed E-state index contributed by atoms with van der Waals surface area (Å²) in [6.07, 6.45) is 5.73. The standard InChI is InChI=1S/C13H23NO/c1-5-14(6-2)10-13(4)9-11(3)7-8-12(13)15/h7-9,12,15H,5-6,10H2,1-4H3. The van der Waals surface area contributed by atoms with Crippen molar-refractivity contribution in [2.24, 2.45) is 5.41 Å². The SMILES string of the molecule is CCN(CC)CC1(C)C=C(C)C=CC1O. The van der Waals surface area contributed by atoms with Crippen LogP contribution in [0.2, 0.25) is 0 Å². The Morgan fingerprint density at radius 1 is 1.40 bits per heavy atom. The van der Waals surface area contributed by atoms with Crippen LogP contribution < -0.4 is 0 Å². The first-order chi connectivity index (χ1) is 7.01. The van der Waals surface area contributed by atoms with Gasteiger partial charge in [-0.25, -0.2) is 0 Å². The van der Waals surface area contributed by atoms with Crippen LogP contribution in [-0.4, -0.2) is 35.7 Å². The summed E-state index contributed by atoms with van der Waals surface area (Å²) in [4.78, 5) is 2.35. The molecule has 0 aromatic heterocycles. The second kappa shape index (κ2) is 4.95. The average molecular weight is 209 g/mol. The first kappa shape index (κ1) is 12.5. The molecule has 0 aromatic carbocycles. The Labute approximate surface area is 93.3 Å². The Hall–Kier alpha value is -0.600. The summed E-state index contributed by atoms with van der Waals surface area (Å²) in [5, 5.41) is 10.0. The van der Waals surface area contributed by atoms with E-state index < -0.39 is 0 Å². The molecule has 0 spiro atoms. The zero-order valence-corrected chi connectivity index (χ0v) is 10.3. The molecule has 0 aliphatic heterocycles. The van der Waals surface area contributed by atoms with E-state index in [1.54, 1.807) is 0 Å². The van der Waals surface area contributed by atoms with E-state index in [-0.39, 0.29) is 11.5 Å². The largest absolute Gasteiger partial charge is 0.388 e. The van der Waals surface area contributed by atoms with Gasteiger partial charge < -0.3 is 10.0 Å². The van der Waals surface area contributed by atoms with E-state index in [1.807, 2.05) is 12.2 Å². The Bertz CT molecular complexity index is 266. The predicted molar refractivity (Wildman–Crippen MR) is 64.8 cm³/mol. The summed E-state index contributed by atoms with van der Waals surface area (Å²) < 4.78 is 0. The van der Waals surface area contributed by atoms with Crippen molar-refractivity contribution in [2.45, 2.75) is 33.8 Å². The zero-order chi connectivity index (χ0) is 11.5. The summed E-state index contributed by atoms with van der Waals surface area (Å²) >= 11 is 0. The molecule has 0 amide bonds. The summed E-state index contributed by atoms with van der Waals surface area (Å²) in [6, 6.07) is 0. The Kier molecular flexibility index (Phi) is 4.12. The van der Waals surface area contributed by atoms with Gasteiger partial charge in [0.25, 0.3) is 0 Å². The van der Waals surface area contributed by atoms with Gasteiger partial charge in [0.05, 0.1) is 6.10 Å². The number of hydrogen-bond donors (Lipinski definition) is 1. The molecule has 2 nitrogen and oxygen atoms in total. The number of allylic oxidation sites excluding steroid dienone is 2. The first-order valence-electron chi connectivity index (χ1n) is 5.80. The normalized spacial score (nSPS) is 30.8. The van der Waals surface area contributed by atoms with Crippen molar-refractivity contribution in [3.8, 4) is 0 Å². The highest BCUT2D eigenvalue weighted by atomic mass is 16.3. The number of aliphatic hydroxyl groups excluding tert-OH is 1. The number of aliphatic hydroxyl groups is 1. The molecular formula is C13H23NO. The molecule has 2 heteroatoms. The van der Waals surface area contributed by atoms with Crippen LogP contribution in [-0.2, 0) is 0 Å². The summed E-state index contributed by atoms with van der Waals surface area (Å²) in [6.45, 7) is 11.5. The fourth-order valence-electron chi connectivity index (χ4n) is 2.18. The lowest BCUT2D eigenvalue weighted by atomic mass is 9.78. The van der Waals surface area contributed by atoms with Gasteiger partial charge in [0.1, 0.15) is 0 Å². The van der Waals surface area contributed by atoms with Crippen molar-refractivity contribution in [1.29, 1.82) is 0 Å². The second-order valence-electron chi connectivity index (χ2n) is 4.66. The monoisotopic (exact) mass is 209 g/mol. The third kappa shape index (κ3) is 2.93. The van der Waals surface area contributed by atoms with E-state index in [2.05, 4.69) is 38.7 Å². The quantitative estimate of drug-likeness (QED) is 0.767. The maximum atomic E-state index is 10.0. The van der Waals surface area contributed by atoms with Gasteiger partial charge in [-0.05, 0) is 20.0 Å². The third-order valence-corrected chi connectivity index (χ3v) is 3.23. The third-order valence-electron chi connectivity index (χ3n) is 3.23. The maximum Gasteiger partial charge on any atom is 0.0824 e. The topological polar surface area (TPSA) is 23.5 Å². The summed E-state index contributed by atoms with van der Waals surface area (Å²) in [5.41, 5.74) is 1.11. The molecule has 1 aliphatic carbocycles. The molecule has 1 aliphatic rings. The highest BCUT2D eigenvalue weighted by Crippen LogP contribution is 2.31. The van der Waals surface area contributed by atoms with Gasteiger partial charge in [0, 0.05) is 12.0 Å². The van der Waals surface area contributed by atoms with Crippen molar-refractivity contribution in [3.63, 3.8) is 0 Å². The fourth-order valence-corrected chi connectivity index (χ4v) is 2.18. The molecule has 0 radical (unpaired) electrons. The molecule has 2 atom stereocenters. The molecular weight excluding hydrogens is 186 g/mol. The molecule has 0 saturated heterocycles. The van der Waals surface area contributed by atoms with Crippen LogP contribution in [0.3, 0.4) is 0 Å². The van der Waals surface area contributed by atoms with Gasteiger partial charge in [-0.2, -0.15) is 0 Å². The average Bonchev–Trinajstić information content (AvgIpc) is 2.21. The van der Waals surface area contributed by atoms with Crippen LogP contribution >= 0.6 is 0 Å². The molecule has 86 valence electrons. The lowest BCUT2D eigenvalue weighted by Gasteiger charge is -2.37. The van der Waals surface area contributed by atoms with E-state index in [0.29, 0.717) is 0 Å². The van der Waals surface area contributed by atoms with Gasteiger partial charge >= 0.3 is 0 Å². The zero-order valence-electron chi connectivity index (χ0n) is 10.3. The maximum absolute atomic E-state index is 10.0. The van der Waals surface area contributed by atoms with Gasteiger partial charge in [-0.3, -0.25) is 0 Å². The number of nitrogens with zero attached hydrogens (tertiary/aromatic N) is 1. The second-order valence-corrected chi connectivity index (χ2v) is 4.66. The van der Waals surface area contributed by atoms with Crippen molar-refractivity contribution in [3.05, 3.63) is 23.8 Å². The molecule has 0 fully saturated rings. The van der Waals surface area contributed by atoms with Crippen molar-refractivity contribution < 1.29 is 5.11 Å². The Morgan fingerprint density at radius 2 is 2.00 bits per heavy atom. The van der Waals surface area contributed by atoms with Crippen LogP contribution in [0.1, 0.15) is 27.7 Å². The van der Waals surface area contributed by atoms with Gasteiger partial charge in [-0.1, -0.05) is 44.6 Å². The predicted octanol–water partition coefficient (Wildman–Crippen LogP) is 2.21. The highest BCUT2D eigenvalue weighted by molar-refractivity contribution is 5.28. The van der Waals surface area contributed by atoms with Gasteiger partial charge in [0.15, 0.2) is 0 Å². The van der Waals surface area contributed by atoms with Crippen molar-refractivity contribution in [1.82, 2.24) is 4.90 Å². The van der Waals surface area contributed by atoms with Gasteiger partial charge in [0.2, 0.25) is 0 Å². The van der Waals surface area contributed by atoms with E-state index in [1.165, 1.54) is 5.57 Å². The van der Waals surface area contributed by atoms with E-state index in [9.17, 15) is 5.11 Å². The van der Waals surface area contributed by atoms with E-state index in [4.69, 9.17) is 0 Å². The van der Waals surface area contributed by atoms with Crippen LogP contribution in [0.25, 0.3) is 0 Å². The van der Waals surface area contributed by atoms with Crippen LogP contribution in [0.15, 0.2) is 23.8 Å². The molecule has 2 unspecified atom stereocenters. The lowest BCUT2D eigenvalue weighted by molar-refractivity contribution is 0.0753. The minimum atomic E-state index is -0.359. The lowest BCUT2D eigenvalue weighted by Crippen LogP contribution is -2.42. The molecule has 0 aromatic rings. The highest BCUT2D eigenvalue weighted by Gasteiger charge is 2.32. The van der Waals surface area contributed by atoms with Crippen molar-refractivity contribution in [2.75, 3.05) is 19.6 Å². The minimum absolute atomic E-state index is 0.134. The minimum Gasteiger partial charge on any atom is -0.388 e. The number of rotatable bonds is 4. The molecule has 15 heavy (non-hydrogen) atoms. The summed E-state index contributed by atoms with van der Waals surface area (Å²) in [5.74, 6) is 0. The first-order valence-corrected chi connectivity index (χ1v) is 5.80. The molecule has 1 N–H and O–H groups in total. The van der Waals surface area contributed by atoms with Gasteiger partial charge in [-0.15, -0.1) is 0 Å². The number of hydrogen-bond acceptors (Lipinski definition) is 2. The smallest absolute Gasteiger partial charge is 0.0824 e. The Balaban J connectivity index is 2.77. The Morgan fingerprint density at radius 3 is 2.53 bits per heavy atom. The molecule has 0 heterocycles. The fraction of sp³-hybridized carbons (Fsp3) is 0.692. The van der Waals surface area contributed by atoms with E-state index >= 15 is 0 Å². The summed E-state index contributed by atoms with van der Waals surface area (Å²) in [7, 11) is 0. The van der Waals surface area contributed by atoms with Crippen LogP contribution in [0, 0.1) is 5.41 Å². The van der Waals surface area contributed by atoms with Crippen molar-refractivity contribution >= 4 is 0 Å².